The lowest BCUT2D eigenvalue weighted by Gasteiger charge is -2.14. The Morgan fingerprint density at radius 2 is 2.24 bits per heavy atom. The minimum absolute atomic E-state index is 0.276. The molecule has 0 spiro atoms. The van der Waals surface area contributed by atoms with Crippen molar-refractivity contribution in [1.82, 2.24) is 20.8 Å². The van der Waals surface area contributed by atoms with Gasteiger partial charge in [0.15, 0.2) is 5.82 Å². The zero-order valence-electron chi connectivity index (χ0n) is 12.1. The third-order valence-corrected chi connectivity index (χ3v) is 2.64. The lowest BCUT2D eigenvalue weighted by molar-refractivity contribution is -0.139. The van der Waals surface area contributed by atoms with E-state index < -0.39 is 18.0 Å². The summed E-state index contributed by atoms with van der Waals surface area (Å²) in [7, 11) is 1.54. The minimum atomic E-state index is -1.08. The molecule has 9 heteroatoms. The zero-order chi connectivity index (χ0) is 15.7. The number of carboxylic acids is 1. The molecule has 0 fully saturated rings. The molecule has 1 heterocycles. The largest absolute Gasteiger partial charge is 0.480 e. The highest BCUT2D eigenvalue weighted by Gasteiger charge is 2.19. The van der Waals surface area contributed by atoms with Crippen molar-refractivity contribution in [3.8, 4) is 0 Å². The van der Waals surface area contributed by atoms with Crippen LogP contribution in [0.1, 0.15) is 24.6 Å². The molecule has 9 nitrogen and oxygen atoms in total. The van der Waals surface area contributed by atoms with Crippen LogP contribution >= 0.6 is 0 Å². The number of nitrogens with one attached hydrogen (secondary N) is 2. The molecule has 0 saturated heterocycles. The first kappa shape index (κ1) is 16.9. The Morgan fingerprint density at radius 3 is 2.81 bits per heavy atom. The number of nitrogens with zero attached hydrogens (tertiary/aromatic N) is 2. The van der Waals surface area contributed by atoms with Crippen LogP contribution in [-0.2, 0) is 16.0 Å². The van der Waals surface area contributed by atoms with Crippen LogP contribution in [0, 0.1) is 6.92 Å². The van der Waals surface area contributed by atoms with Gasteiger partial charge >= 0.3 is 12.0 Å². The third kappa shape index (κ3) is 6.70. The number of carboxylic acid groups (broad SMARTS) is 1. The number of carbonyl (C=O) groups is 2. The van der Waals surface area contributed by atoms with E-state index in [4.69, 9.17) is 14.4 Å². The molecule has 1 aromatic heterocycles. The molecule has 0 aliphatic rings. The maximum absolute atomic E-state index is 11.6. The first-order valence-corrected chi connectivity index (χ1v) is 6.58. The Morgan fingerprint density at radius 1 is 1.48 bits per heavy atom. The van der Waals surface area contributed by atoms with E-state index in [2.05, 4.69) is 20.8 Å². The maximum Gasteiger partial charge on any atom is 0.326 e. The van der Waals surface area contributed by atoms with Gasteiger partial charge in [0.1, 0.15) is 6.04 Å². The Kier molecular flexibility index (Phi) is 7.16. The van der Waals surface area contributed by atoms with E-state index in [1.54, 1.807) is 6.92 Å². The first-order valence-electron chi connectivity index (χ1n) is 6.58. The van der Waals surface area contributed by atoms with Crippen molar-refractivity contribution in [3.63, 3.8) is 0 Å². The van der Waals surface area contributed by atoms with E-state index in [0.29, 0.717) is 37.6 Å². The van der Waals surface area contributed by atoms with E-state index >= 15 is 0 Å². The van der Waals surface area contributed by atoms with Gasteiger partial charge in [-0.05, 0) is 19.8 Å². The summed E-state index contributed by atoms with van der Waals surface area (Å²) in [5.74, 6) is -0.130. The zero-order valence-corrected chi connectivity index (χ0v) is 12.1. The predicted molar refractivity (Wildman–Crippen MR) is 71.8 cm³/mol. The van der Waals surface area contributed by atoms with Gasteiger partial charge in [0.2, 0.25) is 5.89 Å². The van der Waals surface area contributed by atoms with E-state index in [-0.39, 0.29) is 6.54 Å². The van der Waals surface area contributed by atoms with Crippen molar-refractivity contribution >= 4 is 12.0 Å². The summed E-state index contributed by atoms with van der Waals surface area (Å²) >= 11 is 0. The SMILES string of the molecule is COCCCC(NC(=O)NCCc1nc(C)no1)C(=O)O. The second-order valence-corrected chi connectivity index (χ2v) is 4.41. The fraction of sp³-hybridized carbons (Fsp3) is 0.667. The molecule has 3 N–H and O–H groups in total. The van der Waals surface area contributed by atoms with Gasteiger partial charge in [0.25, 0.3) is 0 Å². The number of carbonyl (C=O) groups excluding carboxylic acids is 1. The van der Waals surface area contributed by atoms with Crippen LogP contribution in [0.4, 0.5) is 4.79 Å². The average Bonchev–Trinajstić information content (AvgIpc) is 2.83. The predicted octanol–water partition coefficient (Wildman–Crippen LogP) is 0.0995. The standard InChI is InChI=1S/C12H20N4O5/c1-8-14-10(21-16-8)5-6-13-12(19)15-9(11(17)18)4-3-7-20-2/h9H,3-7H2,1-2H3,(H,17,18)(H2,13,15,19). The molecule has 0 aromatic carbocycles. The molecule has 0 radical (unpaired) electrons. The Balaban J connectivity index is 2.27. The molecular formula is C12H20N4O5. The van der Waals surface area contributed by atoms with Gasteiger partial charge in [-0.15, -0.1) is 0 Å². The smallest absolute Gasteiger partial charge is 0.326 e. The summed E-state index contributed by atoms with van der Waals surface area (Å²) in [6.45, 7) is 2.42. The molecule has 0 aliphatic heterocycles. The highest BCUT2D eigenvalue weighted by Crippen LogP contribution is 1.99. The highest BCUT2D eigenvalue weighted by molar-refractivity contribution is 5.82. The minimum Gasteiger partial charge on any atom is -0.480 e. The third-order valence-electron chi connectivity index (χ3n) is 2.64. The second-order valence-electron chi connectivity index (χ2n) is 4.41. The fourth-order valence-corrected chi connectivity index (χ4v) is 1.62. The van der Waals surface area contributed by atoms with Crippen molar-refractivity contribution in [3.05, 3.63) is 11.7 Å². The summed E-state index contributed by atoms with van der Waals surface area (Å²) in [5.41, 5.74) is 0. The van der Waals surface area contributed by atoms with E-state index in [0.717, 1.165) is 0 Å². The van der Waals surface area contributed by atoms with Gasteiger partial charge in [-0.25, -0.2) is 9.59 Å². The van der Waals surface area contributed by atoms with Gasteiger partial charge in [0.05, 0.1) is 0 Å². The number of urea groups is 1. The number of hydrogen-bond acceptors (Lipinski definition) is 6. The van der Waals surface area contributed by atoms with Gasteiger partial charge in [-0.3, -0.25) is 0 Å². The molecule has 118 valence electrons. The van der Waals surface area contributed by atoms with Crippen LogP contribution in [-0.4, -0.2) is 53.6 Å². The molecule has 1 unspecified atom stereocenters. The number of aromatic nitrogens is 2. The van der Waals surface area contributed by atoms with Crippen molar-refractivity contribution in [1.29, 1.82) is 0 Å². The van der Waals surface area contributed by atoms with E-state index in [1.807, 2.05) is 0 Å². The summed E-state index contributed by atoms with van der Waals surface area (Å²) in [4.78, 5) is 26.6. The lowest BCUT2D eigenvalue weighted by Crippen LogP contribution is -2.46. The fourth-order valence-electron chi connectivity index (χ4n) is 1.62. The van der Waals surface area contributed by atoms with Crippen molar-refractivity contribution in [2.24, 2.45) is 0 Å². The lowest BCUT2D eigenvalue weighted by atomic mass is 10.1. The monoisotopic (exact) mass is 300 g/mol. The van der Waals surface area contributed by atoms with Crippen LogP contribution in [0.2, 0.25) is 0 Å². The molecule has 0 saturated carbocycles. The van der Waals surface area contributed by atoms with Gasteiger partial charge < -0.3 is 25.0 Å². The summed E-state index contributed by atoms with van der Waals surface area (Å²) in [6, 6.07) is -1.48. The Labute approximate surface area is 122 Å². The number of ether oxygens (including phenoxy) is 1. The molecule has 0 aliphatic carbocycles. The number of rotatable bonds is 9. The summed E-state index contributed by atoms with van der Waals surface area (Å²) < 4.78 is 9.74. The van der Waals surface area contributed by atoms with Crippen molar-refractivity contribution in [2.45, 2.75) is 32.2 Å². The van der Waals surface area contributed by atoms with Crippen LogP contribution < -0.4 is 10.6 Å². The summed E-state index contributed by atoms with van der Waals surface area (Å²) in [6.07, 6.45) is 1.24. The molecule has 1 rings (SSSR count). The number of aliphatic carboxylic acids is 1. The maximum atomic E-state index is 11.6. The molecular weight excluding hydrogens is 280 g/mol. The Bertz CT molecular complexity index is 462. The topological polar surface area (TPSA) is 127 Å². The van der Waals surface area contributed by atoms with E-state index in [9.17, 15) is 9.59 Å². The van der Waals surface area contributed by atoms with Crippen molar-refractivity contribution < 1.29 is 24.0 Å². The van der Waals surface area contributed by atoms with Crippen molar-refractivity contribution in [2.75, 3.05) is 20.3 Å². The quantitative estimate of drug-likeness (QED) is 0.552. The number of amides is 2. The Hall–Kier alpha value is -2.16. The number of aryl methyl sites for hydroxylation is 1. The second kappa shape index (κ2) is 8.90. The molecule has 2 amide bonds. The first-order chi connectivity index (χ1) is 10.0. The average molecular weight is 300 g/mol. The normalized spacial score (nSPS) is 11.9. The van der Waals surface area contributed by atoms with Crippen LogP contribution in [0.25, 0.3) is 0 Å². The number of methoxy groups -OCH3 is 1. The van der Waals surface area contributed by atoms with E-state index in [1.165, 1.54) is 7.11 Å². The summed E-state index contributed by atoms with van der Waals surface area (Å²) in [5, 5.41) is 17.6. The number of hydrogen-bond donors (Lipinski definition) is 3. The molecule has 1 atom stereocenters. The highest BCUT2D eigenvalue weighted by atomic mass is 16.5. The van der Waals surface area contributed by atoms with Gasteiger partial charge in [0, 0.05) is 26.7 Å². The van der Waals surface area contributed by atoms with Gasteiger partial charge in [-0.1, -0.05) is 5.16 Å². The van der Waals surface area contributed by atoms with Gasteiger partial charge in [-0.2, -0.15) is 4.98 Å². The molecule has 1 aromatic rings. The molecule has 21 heavy (non-hydrogen) atoms. The van der Waals surface area contributed by atoms with Crippen LogP contribution in [0.5, 0.6) is 0 Å². The van der Waals surface area contributed by atoms with Crippen LogP contribution in [0.3, 0.4) is 0 Å². The van der Waals surface area contributed by atoms with Crippen LogP contribution in [0.15, 0.2) is 4.52 Å². The molecule has 0 bridgehead atoms.